The molecule has 0 atom stereocenters. The van der Waals surface area contributed by atoms with Gasteiger partial charge in [-0.1, -0.05) is 30.3 Å². The van der Waals surface area contributed by atoms with Crippen molar-refractivity contribution in [3.63, 3.8) is 0 Å². The van der Waals surface area contributed by atoms with E-state index in [1.165, 1.54) is 24.3 Å². The summed E-state index contributed by atoms with van der Waals surface area (Å²) in [5, 5.41) is 25.5. The third-order valence-electron chi connectivity index (χ3n) is 5.14. The Kier molecular flexibility index (Phi) is 6.92. The SMILES string of the molecule is CNCc1ccc(S(=O)(=O)Nc2nc3ccccc3nc2Nc2cc(O)ccc2CCO)cc1. The summed E-state index contributed by atoms with van der Waals surface area (Å²) in [6.07, 6.45) is 0.337. The number of nitrogens with zero attached hydrogens (tertiary/aromatic N) is 2. The zero-order chi connectivity index (χ0) is 24.1. The van der Waals surface area contributed by atoms with Crippen LogP contribution in [0.1, 0.15) is 11.1 Å². The molecule has 0 amide bonds. The smallest absolute Gasteiger partial charge is 0.263 e. The Morgan fingerprint density at radius 3 is 2.24 bits per heavy atom. The van der Waals surface area contributed by atoms with Crippen molar-refractivity contribution in [2.75, 3.05) is 23.7 Å². The summed E-state index contributed by atoms with van der Waals surface area (Å²) >= 11 is 0. The first-order valence-electron chi connectivity index (χ1n) is 10.6. The van der Waals surface area contributed by atoms with Crippen molar-refractivity contribution >= 4 is 38.4 Å². The minimum absolute atomic E-state index is 0.0105. The fraction of sp³-hybridized carbons (Fsp3) is 0.167. The first-order valence-corrected chi connectivity index (χ1v) is 12.1. The van der Waals surface area contributed by atoms with E-state index in [2.05, 4.69) is 25.3 Å². The van der Waals surface area contributed by atoms with Crippen LogP contribution >= 0.6 is 0 Å². The minimum Gasteiger partial charge on any atom is -0.508 e. The summed E-state index contributed by atoms with van der Waals surface area (Å²) in [4.78, 5) is 9.14. The van der Waals surface area contributed by atoms with Crippen LogP contribution in [0.4, 0.5) is 17.3 Å². The van der Waals surface area contributed by atoms with E-state index in [9.17, 15) is 18.6 Å². The standard InChI is InChI=1S/C24H25N5O4S/c1-25-15-16-6-10-19(11-7-16)34(32,33)29-24-23(26-20-4-2-3-5-21(20)27-24)28-22-14-18(31)9-8-17(22)12-13-30/h2-11,14,25,30-31H,12-13,15H2,1H3,(H,26,28)(H,27,29). The average molecular weight is 480 g/mol. The van der Waals surface area contributed by atoms with Gasteiger partial charge in [-0.2, -0.15) is 0 Å². The topological polar surface area (TPSA) is 136 Å². The molecule has 0 aliphatic rings. The van der Waals surface area contributed by atoms with Gasteiger partial charge in [0.25, 0.3) is 10.0 Å². The van der Waals surface area contributed by atoms with E-state index in [1.807, 2.05) is 13.1 Å². The number of phenols is 1. The first-order chi connectivity index (χ1) is 16.4. The Hall–Kier alpha value is -3.73. The van der Waals surface area contributed by atoms with E-state index in [0.717, 1.165) is 11.1 Å². The van der Waals surface area contributed by atoms with Crippen LogP contribution in [-0.4, -0.2) is 42.3 Å². The molecule has 0 aliphatic carbocycles. The number of fused-ring (bicyclic) bond motifs is 1. The highest BCUT2D eigenvalue weighted by Crippen LogP contribution is 2.30. The molecule has 0 bridgehead atoms. The van der Waals surface area contributed by atoms with E-state index in [0.29, 0.717) is 29.7 Å². The Morgan fingerprint density at radius 1 is 0.912 bits per heavy atom. The number of nitrogens with one attached hydrogen (secondary N) is 3. The van der Waals surface area contributed by atoms with Crippen LogP contribution in [0.25, 0.3) is 11.0 Å². The monoisotopic (exact) mass is 479 g/mol. The van der Waals surface area contributed by atoms with Crippen molar-refractivity contribution in [2.24, 2.45) is 0 Å². The van der Waals surface area contributed by atoms with Crippen molar-refractivity contribution in [3.05, 3.63) is 77.9 Å². The third-order valence-corrected chi connectivity index (χ3v) is 6.50. The van der Waals surface area contributed by atoms with Crippen LogP contribution in [-0.2, 0) is 23.0 Å². The largest absolute Gasteiger partial charge is 0.508 e. The van der Waals surface area contributed by atoms with Gasteiger partial charge in [-0.3, -0.25) is 4.72 Å². The number of hydrogen-bond donors (Lipinski definition) is 5. The van der Waals surface area contributed by atoms with E-state index in [-0.39, 0.29) is 28.9 Å². The van der Waals surface area contributed by atoms with Crippen LogP contribution in [0.3, 0.4) is 0 Å². The number of aromatic nitrogens is 2. The van der Waals surface area contributed by atoms with Crippen LogP contribution in [0, 0.1) is 0 Å². The number of para-hydroxylation sites is 2. The van der Waals surface area contributed by atoms with Gasteiger partial charge in [0.05, 0.1) is 15.9 Å². The lowest BCUT2D eigenvalue weighted by molar-refractivity contribution is 0.299. The molecule has 0 aliphatic heterocycles. The second-order valence-electron chi connectivity index (χ2n) is 7.63. The minimum atomic E-state index is -3.96. The maximum absolute atomic E-state index is 13.1. The molecule has 0 saturated carbocycles. The van der Waals surface area contributed by atoms with Gasteiger partial charge in [0.2, 0.25) is 0 Å². The number of phenolic OH excluding ortho intramolecular Hbond substituents is 1. The summed E-state index contributed by atoms with van der Waals surface area (Å²) in [5.41, 5.74) is 3.24. The molecule has 10 heteroatoms. The molecule has 0 saturated heterocycles. The van der Waals surface area contributed by atoms with Gasteiger partial charge in [-0.25, -0.2) is 18.4 Å². The van der Waals surface area contributed by atoms with Gasteiger partial charge in [0.15, 0.2) is 11.6 Å². The maximum atomic E-state index is 13.1. The fourth-order valence-electron chi connectivity index (χ4n) is 3.48. The first kappa shape index (κ1) is 23.4. The number of aliphatic hydroxyl groups excluding tert-OH is 1. The van der Waals surface area contributed by atoms with Gasteiger partial charge >= 0.3 is 0 Å². The van der Waals surface area contributed by atoms with Gasteiger partial charge in [0.1, 0.15) is 5.75 Å². The Morgan fingerprint density at radius 2 is 1.59 bits per heavy atom. The quantitative estimate of drug-likeness (QED) is 0.247. The highest BCUT2D eigenvalue weighted by atomic mass is 32.2. The third kappa shape index (κ3) is 5.25. The second-order valence-corrected chi connectivity index (χ2v) is 9.31. The number of benzene rings is 3. The highest BCUT2D eigenvalue weighted by Gasteiger charge is 2.20. The summed E-state index contributed by atoms with van der Waals surface area (Å²) in [7, 11) is -2.14. The van der Waals surface area contributed by atoms with Crippen LogP contribution in [0.15, 0.2) is 71.6 Å². The Labute approximate surface area is 197 Å². The maximum Gasteiger partial charge on any atom is 0.263 e. The molecule has 0 fully saturated rings. The molecule has 3 aromatic carbocycles. The molecule has 9 nitrogen and oxygen atoms in total. The fourth-order valence-corrected chi connectivity index (χ4v) is 4.49. The van der Waals surface area contributed by atoms with Gasteiger partial charge < -0.3 is 20.8 Å². The second kappa shape index (κ2) is 10.0. The summed E-state index contributed by atoms with van der Waals surface area (Å²) in [5.74, 6) is 0.192. The van der Waals surface area contributed by atoms with Crippen molar-refractivity contribution < 1.29 is 18.6 Å². The molecular weight excluding hydrogens is 454 g/mol. The number of anilines is 3. The zero-order valence-corrected chi connectivity index (χ0v) is 19.3. The number of rotatable bonds is 9. The van der Waals surface area contributed by atoms with E-state index < -0.39 is 10.0 Å². The Bertz CT molecular complexity index is 1410. The van der Waals surface area contributed by atoms with Gasteiger partial charge in [-0.05, 0) is 54.9 Å². The van der Waals surface area contributed by atoms with Crippen LogP contribution in [0.2, 0.25) is 0 Å². The summed E-state index contributed by atoms with van der Waals surface area (Å²) < 4.78 is 28.8. The normalized spacial score (nSPS) is 11.5. The van der Waals surface area contributed by atoms with E-state index >= 15 is 0 Å². The molecule has 1 heterocycles. The highest BCUT2D eigenvalue weighted by molar-refractivity contribution is 7.92. The molecule has 0 radical (unpaired) electrons. The predicted octanol–water partition coefficient (Wildman–Crippen LogP) is 3.13. The van der Waals surface area contributed by atoms with Gasteiger partial charge in [-0.15, -0.1) is 0 Å². The molecule has 0 unspecified atom stereocenters. The summed E-state index contributed by atoms with van der Waals surface area (Å²) in [6.45, 7) is 0.532. The number of aliphatic hydroxyl groups is 1. The van der Waals surface area contributed by atoms with Crippen molar-refractivity contribution in [2.45, 2.75) is 17.9 Å². The molecule has 34 heavy (non-hydrogen) atoms. The van der Waals surface area contributed by atoms with Crippen LogP contribution < -0.4 is 15.4 Å². The van der Waals surface area contributed by atoms with Gasteiger partial charge in [0, 0.05) is 24.9 Å². The lowest BCUT2D eigenvalue weighted by Crippen LogP contribution is -2.16. The van der Waals surface area contributed by atoms with E-state index in [1.54, 1.807) is 36.4 Å². The number of sulfonamides is 1. The molecular formula is C24H25N5O4S. The molecule has 5 N–H and O–H groups in total. The number of aromatic hydroxyl groups is 1. The van der Waals surface area contributed by atoms with Crippen molar-refractivity contribution in [1.82, 2.24) is 15.3 Å². The average Bonchev–Trinajstić information content (AvgIpc) is 2.82. The van der Waals surface area contributed by atoms with Crippen molar-refractivity contribution in [1.29, 1.82) is 0 Å². The molecule has 1 aromatic heterocycles. The van der Waals surface area contributed by atoms with E-state index in [4.69, 9.17) is 0 Å². The lowest BCUT2D eigenvalue weighted by atomic mass is 10.1. The molecule has 176 valence electrons. The Balaban J connectivity index is 1.75. The summed E-state index contributed by atoms with van der Waals surface area (Å²) in [6, 6.07) is 18.3. The molecule has 4 aromatic rings. The molecule has 0 spiro atoms. The van der Waals surface area contributed by atoms with Crippen LogP contribution in [0.5, 0.6) is 5.75 Å². The number of hydrogen-bond acceptors (Lipinski definition) is 8. The predicted molar refractivity (Wildman–Crippen MR) is 132 cm³/mol. The zero-order valence-electron chi connectivity index (χ0n) is 18.5. The molecule has 4 rings (SSSR count). The lowest BCUT2D eigenvalue weighted by Gasteiger charge is -2.16. The van der Waals surface area contributed by atoms with Crippen molar-refractivity contribution in [3.8, 4) is 5.75 Å².